The summed E-state index contributed by atoms with van der Waals surface area (Å²) in [5.74, 6) is 4.30. The van der Waals surface area contributed by atoms with Crippen LogP contribution in [0.2, 0.25) is 0 Å². The summed E-state index contributed by atoms with van der Waals surface area (Å²) in [5, 5.41) is 7.67. The van der Waals surface area contributed by atoms with Gasteiger partial charge in [-0.15, -0.1) is 11.3 Å². The van der Waals surface area contributed by atoms with Crippen molar-refractivity contribution >= 4 is 49.4 Å². The van der Waals surface area contributed by atoms with Crippen molar-refractivity contribution in [3.8, 4) is 10.6 Å². The number of morpholine rings is 1. The summed E-state index contributed by atoms with van der Waals surface area (Å²) in [7, 11) is -2.48. The van der Waals surface area contributed by atoms with Crippen molar-refractivity contribution in [1.29, 1.82) is 0 Å². The molecule has 1 aliphatic rings. The van der Waals surface area contributed by atoms with E-state index in [0.29, 0.717) is 39.5 Å². The molecular weight excluding hydrogens is 508 g/mol. The third kappa shape index (κ3) is 5.04. The maximum Gasteiger partial charge on any atom is 0.262 e. The summed E-state index contributed by atoms with van der Waals surface area (Å²) in [5.41, 5.74) is 2.71. The molecular formula is C26H30N6O3S2. The minimum atomic E-state index is -2.48. The smallest absolute Gasteiger partial charge is 0.262 e. The molecule has 0 radical (unpaired) electrons. The van der Waals surface area contributed by atoms with Crippen LogP contribution >= 0.6 is 11.3 Å². The fraction of sp³-hybridized carbons (Fsp3) is 0.346. The Morgan fingerprint density at radius 2 is 2.05 bits per heavy atom. The van der Waals surface area contributed by atoms with E-state index in [0.717, 1.165) is 29.7 Å². The quantitative estimate of drug-likeness (QED) is 0.342. The summed E-state index contributed by atoms with van der Waals surface area (Å²) in [4.78, 5) is 26.9. The Balaban J connectivity index is 1.45. The Bertz CT molecular complexity index is 1590. The fourth-order valence-electron chi connectivity index (χ4n) is 4.13. The standard InChI is InChI=1S/C26H30N6O3S2/c1-5-32-23-18(12-20(25(32)33)24-28-15-22(36-24)37(4,34)16(2)3)13-29-26(31-23)30-19-8-6-17(7-9-19)21-14-27-10-11-35-21/h6-9,12-13,15-16,21,27H,4-5,10-11,14H2,1-3H3,(H,29,30,31). The van der Waals surface area contributed by atoms with Crippen LogP contribution in [0.1, 0.15) is 32.4 Å². The van der Waals surface area contributed by atoms with Crippen molar-refractivity contribution in [1.82, 2.24) is 24.8 Å². The van der Waals surface area contributed by atoms with Crippen LogP contribution in [0.3, 0.4) is 0 Å². The molecule has 5 rings (SSSR count). The molecule has 37 heavy (non-hydrogen) atoms. The number of nitrogens with one attached hydrogen (secondary N) is 2. The highest BCUT2D eigenvalue weighted by Crippen LogP contribution is 2.30. The van der Waals surface area contributed by atoms with Crippen LogP contribution in [0.5, 0.6) is 0 Å². The molecule has 2 atom stereocenters. The molecule has 194 valence electrons. The minimum absolute atomic E-state index is 0.0484. The van der Waals surface area contributed by atoms with Crippen LogP contribution in [0.4, 0.5) is 11.6 Å². The summed E-state index contributed by atoms with van der Waals surface area (Å²) in [6, 6.07) is 9.74. The second-order valence-corrected chi connectivity index (χ2v) is 13.3. The van der Waals surface area contributed by atoms with Crippen LogP contribution in [0, 0.1) is 0 Å². The van der Waals surface area contributed by atoms with Crippen LogP contribution < -0.4 is 16.2 Å². The Kier molecular flexibility index (Phi) is 7.13. The number of fused-ring (bicyclic) bond motifs is 1. The lowest BCUT2D eigenvalue weighted by Gasteiger charge is -2.24. The summed E-state index contributed by atoms with van der Waals surface area (Å²) in [6.45, 7) is 8.44. The van der Waals surface area contributed by atoms with Gasteiger partial charge in [-0.05, 0) is 36.6 Å². The van der Waals surface area contributed by atoms with Gasteiger partial charge in [-0.2, -0.15) is 4.98 Å². The molecule has 1 saturated heterocycles. The Labute approximate surface area is 220 Å². The number of nitrogens with zero attached hydrogens (tertiary/aromatic N) is 4. The average Bonchev–Trinajstić information content (AvgIpc) is 3.40. The first kappa shape index (κ1) is 25.5. The van der Waals surface area contributed by atoms with Crippen molar-refractivity contribution in [2.24, 2.45) is 0 Å². The van der Waals surface area contributed by atoms with Gasteiger partial charge in [-0.25, -0.2) is 9.97 Å². The number of rotatable bonds is 7. The van der Waals surface area contributed by atoms with Gasteiger partial charge in [-0.3, -0.25) is 13.6 Å². The highest BCUT2D eigenvalue weighted by molar-refractivity contribution is 8.02. The second-order valence-electron chi connectivity index (χ2n) is 9.15. The SMILES string of the molecule is C=S(=O)(c1cnc(-c2cc3cnc(Nc4ccc(C5CNCCO5)cc4)nc3n(CC)c2=O)s1)C(C)C. The first-order chi connectivity index (χ1) is 17.8. The topological polar surface area (TPSA) is 111 Å². The average molecular weight is 539 g/mol. The largest absolute Gasteiger partial charge is 0.371 e. The zero-order valence-electron chi connectivity index (χ0n) is 21.1. The summed E-state index contributed by atoms with van der Waals surface area (Å²) in [6.07, 6.45) is 3.32. The van der Waals surface area contributed by atoms with Crippen LogP contribution in [0.15, 0.2) is 51.7 Å². The van der Waals surface area contributed by atoms with Gasteiger partial charge in [0.25, 0.3) is 5.56 Å². The Morgan fingerprint density at radius 3 is 2.73 bits per heavy atom. The predicted octanol–water partition coefficient (Wildman–Crippen LogP) is 3.82. The molecule has 1 fully saturated rings. The first-order valence-electron chi connectivity index (χ1n) is 12.2. The molecule has 0 amide bonds. The molecule has 3 aromatic heterocycles. The number of aromatic nitrogens is 4. The molecule has 9 nitrogen and oxygen atoms in total. The molecule has 0 aliphatic carbocycles. The first-order valence-corrected chi connectivity index (χ1v) is 14.8. The van der Waals surface area contributed by atoms with Gasteiger partial charge < -0.3 is 15.4 Å². The van der Waals surface area contributed by atoms with E-state index in [2.05, 4.69) is 31.5 Å². The normalized spacial score (nSPS) is 17.7. The van der Waals surface area contributed by atoms with E-state index in [4.69, 9.17) is 4.74 Å². The number of hydrogen-bond donors (Lipinski definition) is 2. The lowest BCUT2D eigenvalue weighted by molar-refractivity contribution is 0.0277. The van der Waals surface area contributed by atoms with Crippen molar-refractivity contribution in [3.05, 3.63) is 58.6 Å². The van der Waals surface area contributed by atoms with E-state index < -0.39 is 9.52 Å². The van der Waals surface area contributed by atoms with Crippen LogP contribution in [0.25, 0.3) is 21.6 Å². The van der Waals surface area contributed by atoms with Crippen molar-refractivity contribution in [2.45, 2.75) is 42.9 Å². The third-order valence-electron chi connectivity index (χ3n) is 6.43. The Morgan fingerprint density at radius 1 is 1.27 bits per heavy atom. The molecule has 4 aromatic rings. The number of aryl methyl sites for hydroxylation is 1. The van der Waals surface area contributed by atoms with Gasteiger partial charge in [-0.1, -0.05) is 26.0 Å². The maximum atomic E-state index is 13.4. The van der Waals surface area contributed by atoms with Gasteiger partial charge in [0.1, 0.15) is 14.9 Å². The molecule has 11 heteroatoms. The fourth-order valence-corrected chi connectivity index (χ4v) is 6.86. The Hall–Kier alpha value is -3.12. The van der Waals surface area contributed by atoms with Gasteiger partial charge in [0.15, 0.2) is 0 Å². The monoisotopic (exact) mass is 538 g/mol. The summed E-state index contributed by atoms with van der Waals surface area (Å²) < 4.78 is 21.0. The number of benzene rings is 1. The third-order valence-corrected chi connectivity index (χ3v) is 10.7. The molecule has 2 unspecified atom stereocenters. The van der Waals surface area contributed by atoms with E-state index in [-0.39, 0.29) is 16.9 Å². The van der Waals surface area contributed by atoms with E-state index >= 15 is 0 Å². The maximum absolute atomic E-state index is 13.4. The van der Waals surface area contributed by atoms with E-state index in [1.54, 1.807) is 23.0 Å². The van der Waals surface area contributed by atoms with Crippen molar-refractivity contribution < 1.29 is 8.95 Å². The number of anilines is 2. The van der Waals surface area contributed by atoms with Gasteiger partial charge in [0.05, 0.1) is 24.5 Å². The van der Waals surface area contributed by atoms with Crippen LogP contribution in [-0.2, 0) is 20.8 Å². The molecule has 4 heterocycles. The van der Waals surface area contributed by atoms with Crippen molar-refractivity contribution in [2.75, 3.05) is 25.0 Å². The zero-order chi connectivity index (χ0) is 26.2. The molecule has 1 aromatic carbocycles. The van der Waals surface area contributed by atoms with Crippen molar-refractivity contribution in [3.63, 3.8) is 0 Å². The van der Waals surface area contributed by atoms with Gasteiger partial charge >= 0.3 is 0 Å². The number of thiazole rings is 1. The molecule has 0 spiro atoms. The molecule has 0 bridgehead atoms. The van der Waals surface area contributed by atoms with E-state index in [1.807, 2.05) is 45.0 Å². The molecule has 0 saturated carbocycles. The minimum Gasteiger partial charge on any atom is -0.371 e. The number of hydrogen-bond acceptors (Lipinski definition) is 9. The number of pyridine rings is 1. The van der Waals surface area contributed by atoms with E-state index in [1.165, 1.54) is 11.3 Å². The van der Waals surface area contributed by atoms with E-state index in [9.17, 15) is 9.00 Å². The second kappa shape index (κ2) is 10.3. The number of ether oxygens (including phenoxy) is 1. The van der Waals surface area contributed by atoms with Gasteiger partial charge in [0.2, 0.25) is 5.95 Å². The molecule has 2 N–H and O–H groups in total. The molecule has 1 aliphatic heterocycles. The summed E-state index contributed by atoms with van der Waals surface area (Å²) >= 11 is 1.25. The lowest BCUT2D eigenvalue weighted by atomic mass is 10.1. The highest BCUT2D eigenvalue weighted by atomic mass is 32.2. The highest BCUT2D eigenvalue weighted by Gasteiger charge is 2.20. The van der Waals surface area contributed by atoms with Crippen LogP contribution in [-0.4, -0.2) is 54.5 Å². The van der Waals surface area contributed by atoms with Gasteiger partial charge in [0, 0.05) is 51.7 Å². The lowest BCUT2D eigenvalue weighted by Crippen LogP contribution is -2.33. The zero-order valence-corrected chi connectivity index (χ0v) is 22.7. The predicted molar refractivity (Wildman–Crippen MR) is 151 cm³/mol.